The predicted molar refractivity (Wildman–Crippen MR) is 83.0 cm³/mol. The lowest BCUT2D eigenvalue weighted by Crippen LogP contribution is -2.44. The number of sulfone groups is 1. The second-order valence-electron chi connectivity index (χ2n) is 5.54. The van der Waals surface area contributed by atoms with E-state index >= 15 is 0 Å². The van der Waals surface area contributed by atoms with Crippen LogP contribution >= 0.6 is 0 Å². The second kappa shape index (κ2) is 6.93. The van der Waals surface area contributed by atoms with E-state index in [1.54, 1.807) is 0 Å². The molecule has 116 valence electrons. The van der Waals surface area contributed by atoms with Crippen molar-refractivity contribution in [1.29, 1.82) is 0 Å². The fourth-order valence-corrected chi connectivity index (χ4v) is 3.12. The van der Waals surface area contributed by atoms with Crippen molar-refractivity contribution in [3.8, 4) is 0 Å². The highest BCUT2D eigenvalue weighted by Crippen LogP contribution is 2.21. The molecule has 1 aromatic rings. The van der Waals surface area contributed by atoms with E-state index in [1.807, 2.05) is 23.1 Å². The van der Waals surface area contributed by atoms with Crippen LogP contribution in [-0.2, 0) is 16.3 Å². The van der Waals surface area contributed by atoms with Crippen LogP contribution in [0.4, 0.5) is 4.79 Å². The third kappa shape index (κ3) is 5.04. The van der Waals surface area contributed by atoms with E-state index in [2.05, 4.69) is 17.4 Å². The average Bonchev–Trinajstić information content (AvgIpc) is 2.86. The molecule has 1 atom stereocenters. The molecule has 1 heterocycles. The van der Waals surface area contributed by atoms with Crippen molar-refractivity contribution < 1.29 is 13.2 Å². The largest absolute Gasteiger partial charge is 0.337 e. The summed E-state index contributed by atoms with van der Waals surface area (Å²) in [5.74, 6) is -0.0179. The number of hydrogen-bond donors (Lipinski definition) is 1. The Hall–Kier alpha value is -1.56. The zero-order valence-electron chi connectivity index (χ0n) is 12.3. The number of carbonyl (C=O) groups is 1. The summed E-state index contributed by atoms with van der Waals surface area (Å²) in [4.78, 5) is 14.0. The molecule has 5 nitrogen and oxygen atoms in total. The third-order valence-corrected chi connectivity index (χ3v) is 4.65. The maximum absolute atomic E-state index is 12.2. The van der Waals surface area contributed by atoms with Gasteiger partial charge in [0.05, 0.1) is 5.75 Å². The van der Waals surface area contributed by atoms with Gasteiger partial charge in [0, 0.05) is 25.4 Å². The molecule has 1 N–H and O–H groups in total. The van der Waals surface area contributed by atoms with Gasteiger partial charge in [-0.05, 0) is 24.8 Å². The zero-order valence-corrected chi connectivity index (χ0v) is 13.1. The average molecular weight is 310 g/mol. The Morgan fingerprint density at radius 2 is 2.05 bits per heavy atom. The van der Waals surface area contributed by atoms with Crippen LogP contribution in [0.5, 0.6) is 0 Å². The SMILES string of the molecule is CS(=O)(=O)CCNC(=O)N1CCCC1Cc1ccccc1. The smallest absolute Gasteiger partial charge is 0.317 e. The van der Waals surface area contributed by atoms with Gasteiger partial charge in [-0.3, -0.25) is 0 Å². The maximum atomic E-state index is 12.2. The summed E-state index contributed by atoms with van der Waals surface area (Å²) < 4.78 is 22.1. The van der Waals surface area contributed by atoms with Gasteiger partial charge >= 0.3 is 6.03 Å². The van der Waals surface area contributed by atoms with Gasteiger partial charge in [-0.25, -0.2) is 13.2 Å². The fraction of sp³-hybridized carbons (Fsp3) is 0.533. The molecule has 1 saturated heterocycles. The van der Waals surface area contributed by atoms with Crippen LogP contribution in [0.2, 0.25) is 0 Å². The van der Waals surface area contributed by atoms with E-state index in [-0.39, 0.29) is 24.4 Å². The standard InChI is InChI=1S/C15H22N2O3S/c1-21(19,20)11-9-16-15(18)17-10-5-8-14(17)12-13-6-3-2-4-7-13/h2-4,6-7,14H,5,8-12H2,1H3,(H,16,18). The Morgan fingerprint density at radius 3 is 2.71 bits per heavy atom. The second-order valence-corrected chi connectivity index (χ2v) is 7.80. The first-order valence-corrected chi connectivity index (χ1v) is 9.28. The van der Waals surface area contributed by atoms with Crippen molar-refractivity contribution in [3.05, 3.63) is 35.9 Å². The molecule has 6 heteroatoms. The molecule has 2 amide bonds. The minimum atomic E-state index is -3.04. The van der Waals surface area contributed by atoms with Crippen LogP contribution in [0.3, 0.4) is 0 Å². The molecule has 1 aliphatic rings. The molecule has 1 aromatic carbocycles. The Bertz CT molecular complexity index is 572. The highest BCUT2D eigenvalue weighted by atomic mass is 32.2. The molecule has 0 aliphatic carbocycles. The molecule has 2 rings (SSSR count). The van der Waals surface area contributed by atoms with E-state index in [0.29, 0.717) is 0 Å². The highest BCUT2D eigenvalue weighted by molar-refractivity contribution is 7.90. The number of nitrogens with one attached hydrogen (secondary N) is 1. The quantitative estimate of drug-likeness (QED) is 0.895. The first-order chi connectivity index (χ1) is 9.96. The Labute approximate surface area is 126 Å². The van der Waals surface area contributed by atoms with Gasteiger partial charge < -0.3 is 10.2 Å². The molecular weight excluding hydrogens is 288 g/mol. The van der Waals surface area contributed by atoms with Crippen LogP contribution in [0, 0.1) is 0 Å². The van der Waals surface area contributed by atoms with Gasteiger partial charge in [-0.15, -0.1) is 0 Å². The van der Waals surface area contributed by atoms with Crippen LogP contribution in [0.1, 0.15) is 18.4 Å². The Kier molecular flexibility index (Phi) is 5.22. The molecule has 21 heavy (non-hydrogen) atoms. The van der Waals surface area contributed by atoms with E-state index in [4.69, 9.17) is 0 Å². The van der Waals surface area contributed by atoms with Crippen molar-refractivity contribution in [1.82, 2.24) is 10.2 Å². The summed E-state index contributed by atoms with van der Waals surface area (Å²) in [5.41, 5.74) is 1.22. The summed E-state index contributed by atoms with van der Waals surface area (Å²) in [5, 5.41) is 2.70. The minimum Gasteiger partial charge on any atom is -0.337 e. The lowest BCUT2D eigenvalue weighted by atomic mass is 10.0. The zero-order chi connectivity index (χ0) is 15.3. The number of nitrogens with zero attached hydrogens (tertiary/aromatic N) is 1. The molecule has 0 saturated carbocycles. The molecular formula is C15H22N2O3S. The number of likely N-dealkylation sites (tertiary alicyclic amines) is 1. The van der Waals surface area contributed by atoms with Gasteiger partial charge in [0.2, 0.25) is 0 Å². The van der Waals surface area contributed by atoms with Gasteiger partial charge in [0.15, 0.2) is 0 Å². The first kappa shape index (κ1) is 15.8. The van der Waals surface area contributed by atoms with Crippen LogP contribution in [-0.4, -0.2) is 50.5 Å². The van der Waals surface area contributed by atoms with Gasteiger partial charge in [0.1, 0.15) is 9.84 Å². The number of rotatable bonds is 5. The van der Waals surface area contributed by atoms with Crippen molar-refractivity contribution in [3.63, 3.8) is 0 Å². The number of amides is 2. The van der Waals surface area contributed by atoms with Gasteiger partial charge in [-0.1, -0.05) is 30.3 Å². The highest BCUT2D eigenvalue weighted by Gasteiger charge is 2.28. The first-order valence-electron chi connectivity index (χ1n) is 7.22. The molecule has 1 unspecified atom stereocenters. The monoisotopic (exact) mass is 310 g/mol. The lowest BCUT2D eigenvalue weighted by molar-refractivity contribution is 0.193. The maximum Gasteiger partial charge on any atom is 0.317 e. The van der Waals surface area contributed by atoms with E-state index in [9.17, 15) is 13.2 Å². The Balaban J connectivity index is 1.87. The minimum absolute atomic E-state index is 0.0179. The van der Waals surface area contributed by atoms with Gasteiger partial charge in [-0.2, -0.15) is 0 Å². The molecule has 0 radical (unpaired) electrons. The fourth-order valence-electron chi connectivity index (χ4n) is 2.65. The number of hydrogen-bond acceptors (Lipinski definition) is 3. The third-order valence-electron chi connectivity index (χ3n) is 3.70. The van der Waals surface area contributed by atoms with Crippen molar-refractivity contribution in [2.75, 3.05) is 25.1 Å². The Morgan fingerprint density at radius 1 is 1.33 bits per heavy atom. The normalized spacial score (nSPS) is 18.7. The van der Waals surface area contributed by atoms with Crippen LogP contribution < -0.4 is 5.32 Å². The van der Waals surface area contributed by atoms with Crippen LogP contribution in [0.15, 0.2) is 30.3 Å². The summed E-state index contributed by atoms with van der Waals surface area (Å²) in [6.07, 6.45) is 4.01. The summed E-state index contributed by atoms with van der Waals surface area (Å²) in [6.45, 7) is 0.911. The molecule has 0 spiro atoms. The summed E-state index contributed by atoms with van der Waals surface area (Å²) in [6, 6.07) is 10.2. The topological polar surface area (TPSA) is 66.5 Å². The molecule has 1 fully saturated rings. The number of urea groups is 1. The molecule has 0 bridgehead atoms. The molecule has 0 aromatic heterocycles. The summed E-state index contributed by atoms with van der Waals surface area (Å²) in [7, 11) is -3.04. The predicted octanol–water partition coefficient (Wildman–Crippen LogP) is 1.45. The summed E-state index contributed by atoms with van der Waals surface area (Å²) >= 11 is 0. The van der Waals surface area contributed by atoms with Crippen molar-refractivity contribution in [2.45, 2.75) is 25.3 Å². The molecule has 1 aliphatic heterocycles. The van der Waals surface area contributed by atoms with Crippen LogP contribution in [0.25, 0.3) is 0 Å². The van der Waals surface area contributed by atoms with Gasteiger partial charge in [0.25, 0.3) is 0 Å². The van der Waals surface area contributed by atoms with E-state index < -0.39 is 9.84 Å². The van der Waals surface area contributed by atoms with Crippen molar-refractivity contribution >= 4 is 15.9 Å². The number of carbonyl (C=O) groups excluding carboxylic acids is 1. The number of benzene rings is 1. The van der Waals surface area contributed by atoms with E-state index in [1.165, 1.54) is 11.8 Å². The van der Waals surface area contributed by atoms with Crippen molar-refractivity contribution in [2.24, 2.45) is 0 Å². The lowest BCUT2D eigenvalue weighted by Gasteiger charge is -2.25. The van der Waals surface area contributed by atoms with E-state index in [0.717, 1.165) is 25.8 Å².